The number of nitrogens with two attached hydrogens (primary N) is 1. The van der Waals surface area contributed by atoms with E-state index in [-0.39, 0.29) is 17.4 Å². The minimum absolute atomic E-state index is 0.0780. The quantitative estimate of drug-likeness (QED) is 0.298. The molecule has 1 aliphatic carbocycles. The normalized spacial score (nSPS) is 16.8. The Balaban J connectivity index is 2.51. The first-order valence-electron chi connectivity index (χ1n) is 5.88. The summed E-state index contributed by atoms with van der Waals surface area (Å²) in [4.78, 5) is 13.8. The molecule has 1 rings (SSSR count). The van der Waals surface area contributed by atoms with Gasteiger partial charge in [-0.25, -0.2) is 4.79 Å². The van der Waals surface area contributed by atoms with Crippen molar-refractivity contribution in [2.75, 3.05) is 6.54 Å². The highest BCUT2D eigenvalue weighted by molar-refractivity contribution is 5.81. The summed E-state index contributed by atoms with van der Waals surface area (Å²) in [6, 6.07) is 0.231. The van der Waals surface area contributed by atoms with Crippen LogP contribution in [0.15, 0.2) is 5.16 Å². The van der Waals surface area contributed by atoms with Crippen LogP contribution in [0.3, 0.4) is 0 Å². The van der Waals surface area contributed by atoms with Crippen LogP contribution < -0.4 is 11.1 Å². The number of oxime groups is 1. The summed E-state index contributed by atoms with van der Waals surface area (Å²) in [5.41, 5.74) is 5.16. The van der Waals surface area contributed by atoms with E-state index in [2.05, 4.69) is 10.5 Å². The Morgan fingerprint density at radius 1 is 1.53 bits per heavy atom. The number of urea groups is 1. The SMILES string of the molecule is CC(C)(C)NC(=O)N(CC/C(N)=N/O)C1CC1. The molecule has 0 aromatic carbocycles. The lowest BCUT2D eigenvalue weighted by Gasteiger charge is -2.28. The number of carbonyl (C=O) groups is 1. The van der Waals surface area contributed by atoms with Crippen LogP contribution in [-0.2, 0) is 0 Å². The molecule has 0 spiro atoms. The first-order valence-corrected chi connectivity index (χ1v) is 5.88. The minimum Gasteiger partial charge on any atom is -0.409 e. The van der Waals surface area contributed by atoms with Crippen molar-refractivity contribution in [2.24, 2.45) is 10.9 Å². The van der Waals surface area contributed by atoms with Gasteiger partial charge in [0.1, 0.15) is 5.84 Å². The smallest absolute Gasteiger partial charge is 0.318 e. The second-order valence-electron chi connectivity index (χ2n) is 5.45. The van der Waals surface area contributed by atoms with Crippen molar-refractivity contribution in [3.63, 3.8) is 0 Å². The molecule has 0 aromatic rings. The fourth-order valence-corrected chi connectivity index (χ4v) is 1.51. The van der Waals surface area contributed by atoms with Crippen molar-refractivity contribution in [1.82, 2.24) is 10.2 Å². The highest BCUT2D eigenvalue weighted by Crippen LogP contribution is 2.27. The van der Waals surface area contributed by atoms with Crippen molar-refractivity contribution in [1.29, 1.82) is 0 Å². The van der Waals surface area contributed by atoms with Crippen molar-refractivity contribution >= 4 is 11.9 Å². The third-order valence-corrected chi connectivity index (χ3v) is 2.47. The Morgan fingerprint density at radius 2 is 2.12 bits per heavy atom. The molecule has 1 saturated carbocycles. The number of carbonyl (C=O) groups excluding carboxylic acids is 1. The number of rotatable bonds is 4. The number of amidine groups is 1. The van der Waals surface area contributed by atoms with E-state index in [0.717, 1.165) is 12.8 Å². The van der Waals surface area contributed by atoms with Crippen molar-refractivity contribution in [3.05, 3.63) is 0 Å². The third kappa shape index (κ3) is 4.93. The molecule has 4 N–H and O–H groups in total. The van der Waals surface area contributed by atoms with Gasteiger partial charge in [-0.3, -0.25) is 0 Å². The van der Waals surface area contributed by atoms with Crippen LogP contribution in [0.4, 0.5) is 4.79 Å². The van der Waals surface area contributed by atoms with Crippen LogP contribution in [0.25, 0.3) is 0 Å². The maximum Gasteiger partial charge on any atom is 0.318 e. The number of nitrogens with zero attached hydrogens (tertiary/aromatic N) is 2. The second kappa shape index (κ2) is 5.25. The van der Waals surface area contributed by atoms with Crippen LogP contribution in [0.2, 0.25) is 0 Å². The molecule has 1 fully saturated rings. The molecule has 98 valence electrons. The van der Waals surface area contributed by atoms with Crippen LogP contribution in [0.5, 0.6) is 0 Å². The van der Waals surface area contributed by atoms with Crippen molar-refractivity contribution in [3.8, 4) is 0 Å². The predicted octanol–water partition coefficient (Wildman–Crippen LogP) is 1.10. The lowest BCUT2D eigenvalue weighted by atomic mass is 10.1. The number of amides is 2. The molecule has 17 heavy (non-hydrogen) atoms. The van der Waals surface area contributed by atoms with Crippen LogP contribution in [-0.4, -0.2) is 40.1 Å². The fraction of sp³-hybridized carbons (Fsp3) is 0.818. The number of nitrogens with one attached hydrogen (secondary N) is 1. The summed E-state index contributed by atoms with van der Waals surface area (Å²) in [5.74, 6) is 0.152. The van der Waals surface area contributed by atoms with E-state index < -0.39 is 0 Å². The minimum atomic E-state index is -0.249. The highest BCUT2D eigenvalue weighted by Gasteiger charge is 2.33. The summed E-state index contributed by atoms with van der Waals surface area (Å²) in [5, 5.41) is 14.3. The molecule has 6 heteroatoms. The predicted molar refractivity (Wildman–Crippen MR) is 66.0 cm³/mol. The molecule has 2 amide bonds. The van der Waals surface area contributed by atoms with E-state index in [1.807, 2.05) is 20.8 Å². The maximum absolute atomic E-state index is 12.0. The Labute approximate surface area is 102 Å². The summed E-state index contributed by atoms with van der Waals surface area (Å²) in [6.07, 6.45) is 2.46. The standard InChI is InChI=1S/C11H22N4O2/c1-11(2,3)13-10(16)15(8-4-5-8)7-6-9(12)14-17/h8,17H,4-7H2,1-3H3,(H2,12,14)(H,13,16). The van der Waals surface area contributed by atoms with E-state index in [1.54, 1.807) is 4.90 Å². The second-order valence-corrected chi connectivity index (χ2v) is 5.45. The summed E-state index contributed by atoms with van der Waals surface area (Å²) >= 11 is 0. The van der Waals surface area contributed by atoms with Gasteiger partial charge in [0.05, 0.1) is 0 Å². The topological polar surface area (TPSA) is 91.0 Å². The van der Waals surface area contributed by atoms with Gasteiger partial charge in [0.15, 0.2) is 0 Å². The van der Waals surface area contributed by atoms with Crippen LogP contribution in [0, 0.1) is 0 Å². The third-order valence-electron chi connectivity index (χ3n) is 2.47. The van der Waals surface area contributed by atoms with E-state index in [9.17, 15) is 4.79 Å². The molecule has 0 aromatic heterocycles. The van der Waals surface area contributed by atoms with Gasteiger partial charge >= 0.3 is 6.03 Å². The van der Waals surface area contributed by atoms with Gasteiger partial charge in [-0.15, -0.1) is 0 Å². The molecule has 0 unspecified atom stereocenters. The van der Waals surface area contributed by atoms with Crippen LogP contribution >= 0.6 is 0 Å². The Bertz CT molecular complexity index is 305. The summed E-state index contributed by atoms with van der Waals surface area (Å²) < 4.78 is 0. The van der Waals surface area contributed by atoms with Gasteiger partial charge in [-0.1, -0.05) is 5.16 Å². The first kappa shape index (κ1) is 13.6. The molecule has 0 radical (unpaired) electrons. The van der Waals surface area contributed by atoms with Gasteiger partial charge in [0.25, 0.3) is 0 Å². The highest BCUT2D eigenvalue weighted by atomic mass is 16.4. The maximum atomic E-state index is 12.0. The largest absolute Gasteiger partial charge is 0.409 e. The zero-order valence-corrected chi connectivity index (χ0v) is 10.7. The molecule has 1 aliphatic rings. The average molecular weight is 242 g/mol. The Morgan fingerprint density at radius 3 is 2.53 bits per heavy atom. The van der Waals surface area contributed by atoms with Gasteiger partial charge in [-0.2, -0.15) is 0 Å². The molecular formula is C11H22N4O2. The molecule has 0 heterocycles. The zero-order valence-electron chi connectivity index (χ0n) is 10.7. The number of hydrogen-bond donors (Lipinski definition) is 3. The van der Waals surface area contributed by atoms with E-state index in [4.69, 9.17) is 10.9 Å². The Kier molecular flexibility index (Phi) is 4.20. The fourth-order valence-electron chi connectivity index (χ4n) is 1.51. The monoisotopic (exact) mass is 242 g/mol. The molecule has 6 nitrogen and oxygen atoms in total. The molecule has 0 atom stereocenters. The molecule has 0 bridgehead atoms. The average Bonchev–Trinajstić information content (AvgIpc) is 2.99. The lowest BCUT2D eigenvalue weighted by Crippen LogP contribution is -2.50. The van der Waals surface area contributed by atoms with Gasteiger partial charge < -0.3 is 21.2 Å². The van der Waals surface area contributed by atoms with E-state index in [1.165, 1.54) is 0 Å². The van der Waals surface area contributed by atoms with Crippen molar-refractivity contribution < 1.29 is 10.0 Å². The van der Waals surface area contributed by atoms with Crippen LogP contribution in [0.1, 0.15) is 40.0 Å². The van der Waals surface area contributed by atoms with Gasteiger partial charge in [0, 0.05) is 24.5 Å². The van der Waals surface area contributed by atoms with Gasteiger partial charge in [-0.05, 0) is 33.6 Å². The van der Waals surface area contributed by atoms with Gasteiger partial charge in [0.2, 0.25) is 0 Å². The molecule has 0 saturated heterocycles. The first-order chi connectivity index (χ1) is 7.83. The summed E-state index contributed by atoms with van der Waals surface area (Å²) in [6.45, 7) is 6.32. The summed E-state index contributed by atoms with van der Waals surface area (Å²) in [7, 11) is 0. The number of hydrogen-bond acceptors (Lipinski definition) is 3. The Hall–Kier alpha value is -1.46. The molecular weight excluding hydrogens is 220 g/mol. The lowest BCUT2D eigenvalue weighted by molar-refractivity contribution is 0.187. The zero-order chi connectivity index (χ0) is 13.1. The molecule has 0 aliphatic heterocycles. The van der Waals surface area contributed by atoms with Crippen molar-refractivity contribution in [2.45, 2.75) is 51.6 Å². The van der Waals surface area contributed by atoms with E-state index in [0.29, 0.717) is 19.0 Å². The van der Waals surface area contributed by atoms with E-state index >= 15 is 0 Å².